The van der Waals surface area contributed by atoms with E-state index in [0.29, 0.717) is 17.1 Å². The molecule has 0 bridgehead atoms. The molecule has 14 heavy (non-hydrogen) atoms. The molecule has 0 saturated heterocycles. The maximum atomic E-state index is 11.4. The van der Waals surface area contributed by atoms with Gasteiger partial charge in [0.2, 0.25) is 0 Å². The van der Waals surface area contributed by atoms with Crippen LogP contribution in [0.5, 0.6) is 0 Å². The van der Waals surface area contributed by atoms with Gasteiger partial charge >= 0.3 is 5.97 Å². The van der Waals surface area contributed by atoms with Gasteiger partial charge < -0.3 is 4.74 Å². The third-order valence-electron chi connectivity index (χ3n) is 2.12. The number of esters is 1. The smallest absolute Gasteiger partial charge is 0.338 e. The Morgan fingerprint density at radius 2 is 2.36 bits per heavy atom. The van der Waals surface area contributed by atoms with Crippen molar-refractivity contribution in [2.75, 3.05) is 7.11 Å². The number of hydrogen-bond acceptors (Lipinski definition) is 3. The fourth-order valence-electron chi connectivity index (χ4n) is 1.47. The summed E-state index contributed by atoms with van der Waals surface area (Å²) in [6.07, 6.45) is 1.68. The number of fused-ring (bicyclic) bond motifs is 1. The largest absolute Gasteiger partial charge is 0.465 e. The number of nitrogens with zero attached hydrogens (tertiary/aromatic N) is 1. The molecule has 72 valence electrons. The van der Waals surface area contributed by atoms with Crippen LogP contribution in [0.25, 0.3) is 0 Å². The van der Waals surface area contributed by atoms with Crippen LogP contribution < -0.4 is 0 Å². The molecule has 0 aromatic heterocycles. The summed E-state index contributed by atoms with van der Waals surface area (Å²) in [6.45, 7) is 0.583. The van der Waals surface area contributed by atoms with Gasteiger partial charge in [0.25, 0.3) is 0 Å². The average molecular weight is 210 g/mol. The molecule has 0 aliphatic carbocycles. The molecule has 0 unspecified atom stereocenters. The molecule has 0 amide bonds. The molecule has 2 rings (SSSR count). The Morgan fingerprint density at radius 3 is 3.07 bits per heavy atom. The van der Waals surface area contributed by atoms with E-state index in [2.05, 4.69) is 9.73 Å². The number of benzene rings is 1. The average Bonchev–Trinajstić information content (AvgIpc) is 2.62. The lowest BCUT2D eigenvalue weighted by Gasteiger charge is -2.05. The second-order valence-corrected chi connectivity index (χ2v) is 3.42. The van der Waals surface area contributed by atoms with E-state index in [1.54, 1.807) is 12.3 Å². The van der Waals surface area contributed by atoms with Gasteiger partial charge in [0.05, 0.1) is 19.2 Å². The van der Waals surface area contributed by atoms with E-state index in [-0.39, 0.29) is 5.97 Å². The molecular weight excluding hydrogens is 202 g/mol. The van der Waals surface area contributed by atoms with E-state index in [9.17, 15) is 4.79 Å². The van der Waals surface area contributed by atoms with Crippen LogP contribution in [-0.4, -0.2) is 19.3 Å². The molecule has 0 atom stereocenters. The molecule has 0 saturated carbocycles. The topological polar surface area (TPSA) is 38.7 Å². The third-order valence-corrected chi connectivity index (χ3v) is 2.34. The predicted molar refractivity (Wildman–Crippen MR) is 54.1 cm³/mol. The first-order valence-electron chi connectivity index (χ1n) is 4.13. The molecule has 1 aliphatic rings. The Balaban J connectivity index is 2.58. The first-order chi connectivity index (χ1) is 6.72. The van der Waals surface area contributed by atoms with Gasteiger partial charge in [-0.2, -0.15) is 0 Å². The lowest BCUT2D eigenvalue weighted by molar-refractivity contribution is 0.0600. The summed E-state index contributed by atoms with van der Waals surface area (Å²) in [7, 11) is 1.35. The van der Waals surface area contributed by atoms with Crippen molar-refractivity contribution in [2.24, 2.45) is 4.99 Å². The fraction of sp³-hybridized carbons (Fsp3) is 0.200. The monoisotopic (exact) mass is 209 g/mol. The molecule has 1 aliphatic heterocycles. The van der Waals surface area contributed by atoms with Crippen LogP contribution in [0.2, 0.25) is 5.02 Å². The molecular formula is C10H8ClNO2. The van der Waals surface area contributed by atoms with Crippen molar-refractivity contribution in [2.45, 2.75) is 6.54 Å². The number of carbonyl (C=O) groups excluding carboxylic acids is 1. The second kappa shape index (κ2) is 3.42. The van der Waals surface area contributed by atoms with Crippen LogP contribution in [-0.2, 0) is 11.3 Å². The molecule has 0 radical (unpaired) electrons. The summed E-state index contributed by atoms with van der Waals surface area (Å²) in [5.74, 6) is -0.378. The number of hydrogen-bond donors (Lipinski definition) is 0. The van der Waals surface area contributed by atoms with Crippen LogP contribution in [0.4, 0.5) is 0 Å². The Kier molecular flexibility index (Phi) is 2.25. The number of carbonyl (C=O) groups is 1. The zero-order chi connectivity index (χ0) is 10.1. The summed E-state index contributed by atoms with van der Waals surface area (Å²) < 4.78 is 4.66. The van der Waals surface area contributed by atoms with Gasteiger partial charge in [-0.15, -0.1) is 0 Å². The van der Waals surface area contributed by atoms with Crippen LogP contribution >= 0.6 is 11.6 Å². The summed E-state index contributed by atoms with van der Waals surface area (Å²) in [6, 6.07) is 3.42. The normalized spacial score (nSPS) is 12.7. The van der Waals surface area contributed by atoms with Crippen molar-refractivity contribution in [1.29, 1.82) is 0 Å². The Labute approximate surface area is 86.4 Å². The van der Waals surface area contributed by atoms with Crippen molar-refractivity contribution in [3.8, 4) is 0 Å². The highest BCUT2D eigenvalue weighted by Crippen LogP contribution is 2.24. The summed E-state index contributed by atoms with van der Waals surface area (Å²) in [5.41, 5.74) is 2.27. The van der Waals surface area contributed by atoms with Gasteiger partial charge in [-0.1, -0.05) is 11.6 Å². The third kappa shape index (κ3) is 1.40. The van der Waals surface area contributed by atoms with Crippen molar-refractivity contribution in [1.82, 2.24) is 0 Å². The number of methoxy groups -OCH3 is 1. The second-order valence-electron chi connectivity index (χ2n) is 2.99. The summed E-state index contributed by atoms with van der Waals surface area (Å²) in [4.78, 5) is 15.5. The summed E-state index contributed by atoms with van der Waals surface area (Å²) in [5, 5.41) is 0.537. The highest BCUT2D eigenvalue weighted by atomic mass is 35.5. The fourth-order valence-corrected chi connectivity index (χ4v) is 1.71. The van der Waals surface area contributed by atoms with Crippen LogP contribution in [0.15, 0.2) is 17.1 Å². The van der Waals surface area contributed by atoms with Gasteiger partial charge in [0.15, 0.2) is 0 Å². The first-order valence-corrected chi connectivity index (χ1v) is 4.50. The first kappa shape index (κ1) is 9.21. The molecule has 1 heterocycles. The van der Waals surface area contributed by atoms with E-state index in [0.717, 1.165) is 11.1 Å². The number of aliphatic imine (C=N–C) groups is 1. The van der Waals surface area contributed by atoms with E-state index in [1.807, 2.05) is 6.07 Å². The number of ether oxygens (including phenoxy) is 1. The minimum atomic E-state index is -0.378. The molecule has 4 heteroatoms. The Hall–Kier alpha value is -1.35. The quantitative estimate of drug-likeness (QED) is 0.664. The Bertz CT molecular complexity index is 426. The SMILES string of the molecule is COC(=O)c1cc(Cl)cc2c1C=NC2. The molecule has 0 fully saturated rings. The standard InChI is InChI=1S/C10H8ClNO2/c1-14-10(13)8-3-7(11)2-6-4-12-5-9(6)8/h2-3,5H,4H2,1H3. The molecule has 3 nitrogen and oxygen atoms in total. The van der Waals surface area contributed by atoms with Crippen LogP contribution in [0.1, 0.15) is 21.5 Å². The van der Waals surface area contributed by atoms with Crippen LogP contribution in [0, 0.1) is 0 Å². The van der Waals surface area contributed by atoms with Crippen LogP contribution in [0.3, 0.4) is 0 Å². The zero-order valence-electron chi connectivity index (χ0n) is 7.58. The van der Waals surface area contributed by atoms with E-state index in [1.165, 1.54) is 7.11 Å². The minimum absolute atomic E-state index is 0.378. The molecule has 1 aromatic carbocycles. The predicted octanol–water partition coefficient (Wildman–Crippen LogP) is 2.06. The van der Waals surface area contributed by atoms with Crippen molar-refractivity contribution >= 4 is 23.8 Å². The highest BCUT2D eigenvalue weighted by molar-refractivity contribution is 6.31. The number of halogens is 1. The van der Waals surface area contributed by atoms with Gasteiger partial charge in [0, 0.05) is 16.8 Å². The lowest BCUT2D eigenvalue weighted by Crippen LogP contribution is -2.06. The summed E-state index contributed by atoms with van der Waals surface area (Å²) >= 11 is 5.87. The zero-order valence-corrected chi connectivity index (χ0v) is 8.34. The van der Waals surface area contributed by atoms with E-state index >= 15 is 0 Å². The van der Waals surface area contributed by atoms with Gasteiger partial charge in [-0.25, -0.2) is 4.79 Å². The van der Waals surface area contributed by atoms with Gasteiger partial charge in [0.1, 0.15) is 0 Å². The maximum Gasteiger partial charge on any atom is 0.338 e. The number of rotatable bonds is 1. The van der Waals surface area contributed by atoms with E-state index in [4.69, 9.17) is 11.6 Å². The minimum Gasteiger partial charge on any atom is -0.465 e. The molecule has 1 aromatic rings. The molecule has 0 spiro atoms. The Morgan fingerprint density at radius 1 is 1.57 bits per heavy atom. The van der Waals surface area contributed by atoms with Crippen molar-refractivity contribution in [3.05, 3.63) is 33.8 Å². The lowest BCUT2D eigenvalue weighted by atomic mass is 10.0. The van der Waals surface area contributed by atoms with Gasteiger partial charge in [-0.3, -0.25) is 4.99 Å². The highest BCUT2D eigenvalue weighted by Gasteiger charge is 2.17. The molecule has 0 N–H and O–H groups in total. The van der Waals surface area contributed by atoms with Crippen molar-refractivity contribution < 1.29 is 9.53 Å². The maximum absolute atomic E-state index is 11.4. The van der Waals surface area contributed by atoms with Gasteiger partial charge in [-0.05, 0) is 17.7 Å². The van der Waals surface area contributed by atoms with E-state index < -0.39 is 0 Å². The van der Waals surface area contributed by atoms with Crippen molar-refractivity contribution in [3.63, 3.8) is 0 Å².